The second kappa shape index (κ2) is 5.21. The highest BCUT2D eigenvalue weighted by Crippen LogP contribution is 2.09. The third kappa shape index (κ3) is 2.87. The fraction of sp³-hybridized carbons (Fsp3) is 0.154. The Morgan fingerprint density at radius 2 is 2.12 bits per heavy atom. The Morgan fingerprint density at radius 1 is 1.29 bits per heavy atom. The first kappa shape index (κ1) is 11.3. The fourth-order valence-electron chi connectivity index (χ4n) is 1.39. The van der Waals surface area contributed by atoms with E-state index >= 15 is 0 Å². The maximum absolute atomic E-state index is 11.6. The van der Waals surface area contributed by atoms with E-state index in [-0.39, 0.29) is 12.3 Å². The number of nitrogens with zero attached hydrogens (tertiary/aromatic N) is 2. The van der Waals surface area contributed by atoms with Gasteiger partial charge in [0.15, 0.2) is 5.69 Å². The van der Waals surface area contributed by atoms with Gasteiger partial charge in [0.05, 0.1) is 6.20 Å². The molecule has 0 aliphatic heterocycles. The molecule has 0 atom stereocenters. The van der Waals surface area contributed by atoms with Crippen molar-refractivity contribution in [3.8, 4) is 0 Å². The van der Waals surface area contributed by atoms with Gasteiger partial charge in [-0.05, 0) is 18.1 Å². The lowest BCUT2D eigenvalue weighted by Crippen LogP contribution is -2.08. The zero-order chi connectivity index (χ0) is 12.1. The van der Waals surface area contributed by atoms with E-state index in [1.807, 2.05) is 31.2 Å². The van der Waals surface area contributed by atoms with Crippen LogP contribution in [0.25, 0.3) is 0 Å². The number of rotatable bonds is 3. The highest BCUT2D eigenvalue weighted by Gasteiger charge is 2.09. The predicted octanol–water partition coefficient (Wildman–Crippen LogP) is 2.14. The van der Waals surface area contributed by atoms with Crippen molar-refractivity contribution >= 4 is 5.97 Å². The molecule has 0 aliphatic rings. The summed E-state index contributed by atoms with van der Waals surface area (Å²) in [7, 11) is 0. The van der Waals surface area contributed by atoms with E-state index in [1.165, 1.54) is 18.6 Å². The van der Waals surface area contributed by atoms with Gasteiger partial charge >= 0.3 is 5.97 Å². The molecule has 0 unspecified atom stereocenters. The van der Waals surface area contributed by atoms with Gasteiger partial charge in [-0.25, -0.2) is 9.78 Å². The van der Waals surface area contributed by atoms with Crippen LogP contribution in [0.5, 0.6) is 0 Å². The molecule has 4 heteroatoms. The number of aromatic nitrogens is 2. The van der Waals surface area contributed by atoms with Crippen molar-refractivity contribution in [2.45, 2.75) is 13.5 Å². The van der Waals surface area contributed by atoms with Crippen molar-refractivity contribution in [1.82, 2.24) is 9.97 Å². The Labute approximate surface area is 99.3 Å². The Balaban J connectivity index is 2.00. The summed E-state index contributed by atoms with van der Waals surface area (Å²) < 4.78 is 5.15. The van der Waals surface area contributed by atoms with Gasteiger partial charge in [0.2, 0.25) is 0 Å². The molecule has 0 N–H and O–H groups in total. The third-order valence-corrected chi connectivity index (χ3v) is 2.39. The van der Waals surface area contributed by atoms with Gasteiger partial charge in [-0.1, -0.05) is 24.3 Å². The number of esters is 1. The summed E-state index contributed by atoms with van der Waals surface area (Å²) in [5.41, 5.74) is 2.31. The maximum Gasteiger partial charge on any atom is 0.358 e. The van der Waals surface area contributed by atoms with Crippen LogP contribution in [0, 0.1) is 6.92 Å². The zero-order valence-electron chi connectivity index (χ0n) is 9.46. The molecule has 86 valence electrons. The topological polar surface area (TPSA) is 52.1 Å². The van der Waals surface area contributed by atoms with Gasteiger partial charge in [0.25, 0.3) is 0 Å². The zero-order valence-corrected chi connectivity index (χ0v) is 9.46. The van der Waals surface area contributed by atoms with E-state index in [0.717, 1.165) is 11.1 Å². The largest absolute Gasteiger partial charge is 0.456 e. The minimum Gasteiger partial charge on any atom is -0.456 e. The van der Waals surface area contributed by atoms with Crippen LogP contribution in [-0.2, 0) is 11.3 Å². The summed E-state index contributed by atoms with van der Waals surface area (Å²) in [4.78, 5) is 19.3. The normalized spacial score (nSPS) is 9.94. The molecule has 0 saturated carbocycles. The molecule has 0 fully saturated rings. The lowest BCUT2D eigenvalue weighted by Gasteiger charge is -2.06. The van der Waals surface area contributed by atoms with Crippen LogP contribution in [0.15, 0.2) is 42.9 Å². The van der Waals surface area contributed by atoms with Gasteiger partial charge in [-0.3, -0.25) is 4.98 Å². The molecule has 1 aromatic heterocycles. The molecule has 17 heavy (non-hydrogen) atoms. The van der Waals surface area contributed by atoms with Crippen molar-refractivity contribution in [2.75, 3.05) is 0 Å². The molecule has 1 heterocycles. The van der Waals surface area contributed by atoms with Crippen LogP contribution >= 0.6 is 0 Å². The van der Waals surface area contributed by atoms with Crippen molar-refractivity contribution < 1.29 is 9.53 Å². The van der Waals surface area contributed by atoms with Crippen molar-refractivity contribution in [3.63, 3.8) is 0 Å². The smallest absolute Gasteiger partial charge is 0.358 e. The number of aryl methyl sites for hydroxylation is 1. The standard InChI is InChI=1S/C13H12N2O2/c1-10-4-2-3-5-11(10)9-17-13(16)12-8-14-6-7-15-12/h2-8H,9H2,1H3. The van der Waals surface area contributed by atoms with Gasteiger partial charge in [0, 0.05) is 12.4 Å². The minimum atomic E-state index is -0.457. The van der Waals surface area contributed by atoms with Gasteiger partial charge in [-0.2, -0.15) is 0 Å². The number of hydrogen-bond acceptors (Lipinski definition) is 4. The summed E-state index contributed by atoms with van der Waals surface area (Å²) in [5, 5.41) is 0. The first-order valence-electron chi connectivity index (χ1n) is 5.25. The highest BCUT2D eigenvalue weighted by molar-refractivity contribution is 5.86. The number of carbonyl (C=O) groups excluding carboxylic acids is 1. The van der Waals surface area contributed by atoms with Gasteiger partial charge < -0.3 is 4.74 Å². The molecular weight excluding hydrogens is 216 g/mol. The summed E-state index contributed by atoms with van der Waals surface area (Å²) in [6.07, 6.45) is 4.36. The predicted molar refractivity (Wildman–Crippen MR) is 62.3 cm³/mol. The van der Waals surface area contributed by atoms with E-state index < -0.39 is 5.97 Å². The third-order valence-electron chi connectivity index (χ3n) is 2.39. The lowest BCUT2D eigenvalue weighted by molar-refractivity contribution is 0.0464. The van der Waals surface area contributed by atoms with Crippen molar-refractivity contribution in [3.05, 3.63) is 59.7 Å². The van der Waals surface area contributed by atoms with Crippen LogP contribution in [0.3, 0.4) is 0 Å². The highest BCUT2D eigenvalue weighted by atomic mass is 16.5. The van der Waals surface area contributed by atoms with Crippen LogP contribution in [-0.4, -0.2) is 15.9 Å². The SMILES string of the molecule is Cc1ccccc1COC(=O)c1cnccn1. The molecule has 0 spiro atoms. The molecule has 1 aromatic carbocycles. The molecule has 4 nitrogen and oxygen atoms in total. The number of ether oxygens (including phenoxy) is 1. The first-order valence-corrected chi connectivity index (χ1v) is 5.25. The van der Waals surface area contributed by atoms with Gasteiger partial charge in [0.1, 0.15) is 6.61 Å². The molecule has 0 radical (unpaired) electrons. The monoisotopic (exact) mass is 228 g/mol. The Bertz CT molecular complexity index is 512. The van der Waals surface area contributed by atoms with E-state index in [4.69, 9.17) is 4.74 Å². The average Bonchev–Trinajstić information content (AvgIpc) is 2.38. The second-order valence-corrected chi connectivity index (χ2v) is 3.59. The van der Waals surface area contributed by atoms with Crippen molar-refractivity contribution in [2.24, 2.45) is 0 Å². The summed E-state index contributed by atoms with van der Waals surface area (Å²) in [6.45, 7) is 2.23. The molecule has 0 amide bonds. The number of carbonyl (C=O) groups is 1. The Hall–Kier alpha value is -2.23. The molecule has 0 saturated heterocycles. The molecule has 0 aliphatic carbocycles. The molecule has 2 aromatic rings. The molecule has 2 rings (SSSR count). The summed E-state index contributed by atoms with van der Waals surface area (Å²) in [5.74, 6) is -0.457. The number of benzene rings is 1. The van der Waals surface area contributed by atoms with Crippen LogP contribution in [0.1, 0.15) is 21.6 Å². The van der Waals surface area contributed by atoms with Crippen LogP contribution in [0.4, 0.5) is 0 Å². The fourth-order valence-corrected chi connectivity index (χ4v) is 1.39. The van der Waals surface area contributed by atoms with E-state index in [2.05, 4.69) is 9.97 Å². The lowest BCUT2D eigenvalue weighted by atomic mass is 10.1. The molecule has 0 bridgehead atoms. The van der Waals surface area contributed by atoms with Crippen LogP contribution < -0.4 is 0 Å². The number of hydrogen-bond donors (Lipinski definition) is 0. The van der Waals surface area contributed by atoms with Crippen LogP contribution in [0.2, 0.25) is 0 Å². The summed E-state index contributed by atoms with van der Waals surface area (Å²) in [6, 6.07) is 7.77. The minimum absolute atomic E-state index is 0.223. The summed E-state index contributed by atoms with van der Waals surface area (Å²) >= 11 is 0. The van der Waals surface area contributed by atoms with E-state index in [1.54, 1.807) is 0 Å². The van der Waals surface area contributed by atoms with E-state index in [0.29, 0.717) is 0 Å². The maximum atomic E-state index is 11.6. The quantitative estimate of drug-likeness (QED) is 0.755. The first-order chi connectivity index (χ1) is 8.27. The Kier molecular flexibility index (Phi) is 3.45. The van der Waals surface area contributed by atoms with Gasteiger partial charge in [-0.15, -0.1) is 0 Å². The molecular formula is C13H12N2O2. The van der Waals surface area contributed by atoms with Crippen molar-refractivity contribution in [1.29, 1.82) is 0 Å². The second-order valence-electron chi connectivity index (χ2n) is 3.59. The average molecular weight is 228 g/mol. The Morgan fingerprint density at radius 3 is 2.82 bits per heavy atom. The van der Waals surface area contributed by atoms with E-state index in [9.17, 15) is 4.79 Å².